The van der Waals surface area contributed by atoms with Crippen molar-refractivity contribution in [1.29, 1.82) is 0 Å². The van der Waals surface area contributed by atoms with Crippen LogP contribution in [0.3, 0.4) is 0 Å². The third-order valence-corrected chi connectivity index (χ3v) is 2.07. The van der Waals surface area contributed by atoms with Crippen LogP contribution < -0.4 is 15.4 Å². The number of benzene rings is 1. The number of nitrogens with one attached hydrogen (secondary N) is 2. The fraction of sp³-hybridized carbons (Fsp3) is 0.308. The SMILES string of the molecule is CC#CCCNC(=O)Nc1ccccc1OC. The van der Waals surface area contributed by atoms with E-state index in [1.807, 2.05) is 12.1 Å². The molecule has 0 unspecified atom stereocenters. The van der Waals surface area contributed by atoms with Crippen LogP contribution in [0.15, 0.2) is 24.3 Å². The molecular formula is C13H16N2O2. The minimum absolute atomic E-state index is 0.257. The first-order valence-corrected chi connectivity index (χ1v) is 5.35. The number of anilines is 1. The number of hydrogen-bond acceptors (Lipinski definition) is 2. The zero-order valence-electron chi connectivity index (χ0n) is 10.0. The first-order valence-electron chi connectivity index (χ1n) is 5.35. The van der Waals surface area contributed by atoms with Crippen LogP contribution in [-0.2, 0) is 0 Å². The molecule has 0 radical (unpaired) electrons. The highest BCUT2D eigenvalue weighted by Gasteiger charge is 2.04. The van der Waals surface area contributed by atoms with Gasteiger partial charge in [0.2, 0.25) is 0 Å². The lowest BCUT2D eigenvalue weighted by molar-refractivity contribution is 0.252. The van der Waals surface area contributed by atoms with E-state index >= 15 is 0 Å². The summed E-state index contributed by atoms with van der Waals surface area (Å²) < 4.78 is 5.12. The Labute approximate surface area is 101 Å². The second-order valence-electron chi connectivity index (χ2n) is 3.26. The molecule has 0 heterocycles. The molecule has 4 nitrogen and oxygen atoms in total. The molecule has 0 saturated carbocycles. The van der Waals surface area contributed by atoms with E-state index in [0.717, 1.165) is 0 Å². The Hall–Kier alpha value is -2.15. The monoisotopic (exact) mass is 232 g/mol. The Morgan fingerprint density at radius 1 is 1.41 bits per heavy atom. The molecule has 0 saturated heterocycles. The molecule has 1 aromatic rings. The molecule has 1 rings (SSSR count). The van der Waals surface area contributed by atoms with Crippen molar-refractivity contribution >= 4 is 11.7 Å². The number of carbonyl (C=O) groups excluding carboxylic acids is 1. The number of rotatable bonds is 4. The Bertz CT molecular complexity index is 433. The van der Waals surface area contributed by atoms with Gasteiger partial charge in [-0.05, 0) is 19.1 Å². The van der Waals surface area contributed by atoms with Crippen LogP contribution in [-0.4, -0.2) is 19.7 Å². The maximum Gasteiger partial charge on any atom is 0.319 e. The largest absolute Gasteiger partial charge is 0.495 e. The van der Waals surface area contributed by atoms with Gasteiger partial charge in [0.15, 0.2) is 0 Å². The Morgan fingerprint density at radius 2 is 2.18 bits per heavy atom. The van der Waals surface area contributed by atoms with E-state index in [1.54, 1.807) is 26.2 Å². The highest BCUT2D eigenvalue weighted by Crippen LogP contribution is 2.22. The first kappa shape index (κ1) is 12.9. The standard InChI is InChI=1S/C13H16N2O2/c1-3-4-7-10-14-13(16)15-11-8-5-6-9-12(11)17-2/h5-6,8-9H,7,10H2,1-2H3,(H2,14,15,16). The van der Waals surface area contributed by atoms with Gasteiger partial charge in [0, 0.05) is 13.0 Å². The van der Waals surface area contributed by atoms with Gasteiger partial charge in [0.05, 0.1) is 12.8 Å². The van der Waals surface area contributed by atoms with Crippen LogP contribution in [0.1, 0.15) is 13.3 Å². The fourth-order valence-electron chi connectivity index (χ4n) is 1.28. The van der Waals surface area contributed by atoms with Crippen molar-refractivity contribution in [1.82, 2.24) is 5.32 Å². The van der Waals surface area contributed by atoms with Crippen molar-refractivity contribution in [3.8, 4) is 17.6 Å². The predicted octanol–water partition coefficient (Wildman–Crippen LogP) is 2.23. The van der Waals surface area contributed by atoms with E-state index in [4.69, 9.17) is 4.74 Å². The Morgan fingerprint density at radius 3 is 2.88 bits per heavy atom. The average molecular weight is 232 g/mol. The number of para-hydroxylation sites is 2. The molecule has 0 fully saturated rings. The summed E-state index contributed by atoms with van der Waals surface area (Å²) in [4.78, 5) is 11.5. The number of hydrogen-bond donors (Lipinski definition) is 2. The van der Waals surface area contributed by atoms with E-state index in [1.165, 1.54) is 0 Å². The highest BCUT2D eigenvalue weighted by molar-refractivity contribution is 5.90. The molecule has 2 N–H and O–H groups in total. The molecule has 90 valence electrons. The highest BCUT2D eigenvalue weighted by atomic mass is 16.5. The molecule has 0 aliphatic rings. The molecule has 1 aromatic carbocycles. The second kappa shape index (κ2) is 7.18. The molecule has 0 aliphatic heterocycles. The summed E-state index contributed by atoms with van der Waals surface area (Å²) in [5, 5.41) is 5.42. The first-order chi connectivity index (χ1) is 8.27. The minimum atomic E-state index is -0.257. The molecular weight excluding hydrogens is 216 g/mol. The molecule has 0 spiro atoms. The number of urea groups is 1. The summed E-state index contributed by atoms with van der Waals surface area (Å²) in [7, 11) is 1.56. The molecule has 0 aliphatic carbocycles. The van der Waals surface area contributed by atoms with E-state index in [-0.39, 0.29) is 6.03 Å². The third kappa shape index (κ3) is 4.47. The summed E-state index contributed by atoms with van der Waals surface area (Å²) in [5.74, 6) is 6.28. The zero-order valence-corrected chi connectivity index (χ0v) is 10.0. The maximum atomic E-state index is 11.5. The van der Waals surface area contributed by atoms with Crippen LogP contribution in [0.25, 0.3) is 0 Å². The summed E-state index contributed by atoms with van der Waals surface area (Å²) in [6, 6.07) is 6.99. The minimum Gasteiger partial charge on any atom is -0.495 e. The van der Waals surface area contributed by atoms with Gasteiger partial charge in [-0.3, -0.25) is 0 Å². The lowest BCUT2D eigenvalue weighted by Crippen LogP contribution is -2.29. The van der Waals surface area contributed by atoms with Gasteiger partial charge in [-0.2, -0.15) is 0 Å². The fourth-order valence-corrected chi connectivity index (χ4v) is 1.28. The Kier molecular flexibility index (Phi) is 5.45. The van der Waals surface area contributed by atoms with Gasteiger partial charge in [-0.15, -0.1) is 11.8 Å². The summed E-state index contributed by atoms with van der Waals surface area (Å²) in [6.07, 6.45) is 0.649. The third-order valence-electron chi connectivity index (χ3n) is 2.07. The number of amides is 2. The molecule has 0 aromatic heterocycles. The van der Waals surface area contributed by atoms with E-state index in [9.17, 15) is 4.79 Å². The smallest absolute Gasteiger partial charge is 0.319 e. The molecule has 2 amide bonds. The molecule has 17 heavy (non-hydrogen) atoms. The van der Waals surface area contributed by atoms with Gasteiger partial charge >= 0.3 is 6.03 Å². The lowest BCUT2D eigenvalue weighted by atomic mass is 10.3. The Balaban J connectivity index is 2.46. The quantitative estimate of drug-likeness (QED) is 0.618. The van der Waals surface area contributed by atoms with Crippen molar-refractivity contribution in [2.75, 3.05) is 19.0 Å². The summed E-state index contributed by atoms with van der Waals surface area (Å²) >= 11 is 0. The van der Waals surface area contributed by atoms with Gasteiger partial charge in [-0.25, -0.2) is 4.79 Å². The van der Waals surface area contributed by atoms with Gasteiger partial charge in [-0.1, -0.05) is 12.1 Å². The molecule has 0 atom stereocenters. The van der Waals surface area contributed by atoms with Crippen molar-refractivity contribution in [3.05, 3.63) is 24.3 Å². The maximum absolute atomic E-state index is 11.5. The summed E-state index contributed by atoms with van der Waals surface area (Å²) in [5.41, 5.74) is 0.647. The average Bonchev–Trinajstić information content (AvgIpc) is 2.35. The van der Waals surface area contributed by atoms with Crippen molar-refractivity contribution in [3.63, 3.8) is 0 Å². The van der Waals surface area contributed by atoms with Crippen molar-refractivity contribution in [2.24, 2.45) is 0 Å². The van der Waals surface area contributed by atoms with Crippen LogP contribution in [0, 0.1) is 11.8 Å². The normalized spacial score (nSPS) is 8.82. The number of carbonyl (C=O) groups is 1. The van der Waals surface area contributed by atoms with E-state index < -0.39 is 0 Å². The van der Waals surface area contributed by atoms with Crippen LogP contribution in [0.2, 0.25) is 0 Å². The lowest BCUT2D eigenvalue weighted by Gasteiger charge is -2.10. The van der Waals surface area contributed by atoms with Crippen LogP contribution in [0.5, 0.6) is 5.75 Å². The van der Waals surface area contributed by atoms with Gasteiger partial charge in [0.25, 0.3) is 0 Å². The van der Waals surface area contributed by atoms with Gasteiger partial charge < -0.3 is 15.4 Å². The van der Waals surface area contributed by atoms with E-state index in [2.05, 4.69) is 22.5 Å². The van der Waals surface area contributed by atoms with Crippen molar-refractivity contribution < 1.29 is 9.53 Å². The topological polar surface area (TPSA) is 50.4 Å². The predicted molar refractivity (Wildman–Crippen MR) is 68.1 cm³/mol. The zero-order chi connectivity index (χ0) is 12.5. The summed E-state index contributed by atoms with van der Waals surface area (Å²) in [6.45, 7) is 2.30. The molecule has 4 heteroatoms. The molecule has 0 bridgehead atoms. The van der Waals surface area contributed by atoms with E-state index in [0.29, 0.717) is 24.4 Å². The number of methoxy groups -OCH3 is 1. The van der Waals surface area contributed by atoms with Crippen LogP contribution >= 0.6 is 0 Å². The van der Waals surface area contributed by atoms with Crippen LogP contribution in [0.4, 0.5) is 10.5 Å². The second-order valence-corrected chi connectivity index (χ2v) is 3.26. The van der Waals surface area contributed by atoms with Gasteiger partial charge in [0.1, 0.15) is 5.75 Å². The number of ether oxygens (including phenoxy) is 1. The van der Waals surface area contributed by atoms with Crippen molar-refractivity contribution in [2.45, 2.75) is 13.3 Å².